The van der Waals surface area contributed by atoms with Crippen LogP contribution >= 0.6 is 11.3 Å². The Morgan fingerprint density at radius 2 is 2.16 bits per heavy atom. The van der Waals surface area contributed by atoms with E-state index < -0.39 is 10.9 Å². The zero-order chi connectivity index (χ0) is 17.8. The fraction of sp³-hybridized carbons (Fsp3) is 0.375. The third-order valence-corrected chi connectivity index (χ3v) is 4.96. The normalized spacial score (nSPS) is 15.2. The number of pyridine rings is 1. The molecule has 0 amide bonds. The van der Waals surface area contributed by atoms with Gasteiger partial charge >= 0.3 is 11.7 Å². The maximum absolute atomic E-state index is 11.6. The number of hydrogen-bond acceptors (Lipinski definition) is 8. The molecule has 132 valence electrons. The van der Waals surface area contributed by atoms with E-state index in [0.29, 0.717) is 18.9 Å². The SMILES string of the molecule is COC(=O)c1cnc(N2CCN(Cc3cccs3)CC2)c([N+](=O)[O-])c1. The van der Waals surface area contributed by atoms with Gasteiger partial charge in [0.15, 0.2) is 0 Å². The molecule has 9 heteroatoms. The second-order valence-electron chi connectivity index (χ2n) is 5.66. The van der Waals surface area contributed by atoms with Crippen LogP contribution in [-0.4, -0.2) is 54.1 Å². The molecule has 25 heavy (non-hydrogen) atoms. The molecule has 8 nitrogen and oxygen atoms in total. The highest BCUT2D eigenvalue weighted by atomic mass is 32.1. The Hall–Kier alpha value is -2.52. The van der Waals surface area contributed by atoms with Gasteiger partial charge in [0.25, 0.3) is 0 Å². The average molecular weight is 362 g/mol. The molecule has 0 aliphatic carbocycles. The van der Waals surface area contributed by atoms with Crippen LogP contribution < -0.4 is 4.90 Å². The summed E-state index contributed by atoms with van der Waals surface area (Å²) in [5.41, 5.74) is -0.0936. The summed E-state index contributed by atoms with van der Waals surface area (Å²) in [4.78, 5) is 32.1. The van der Waals surface area contributed by atoms with Crippen molar-refractivity contribution in [2.45, 2.75) is 6.54 Å². The third-order valence-electron chi connectivity index (χ3n) is 4.10. The molecule has 0 radical (unpaired) electrons. The van der Waals surface area contributed by atoms with Gasteiger partial charge in [0.1, 0.15) is 0 Å². The summed E-state index contributed by atoms with van der Waals surface area (Å²) in [6, 6.07) is 5.37. The summed E-state index contributed by atoms with van der Waals surface area (Å²) in [5, 5.41) is 13.4. The van der Waals surface area contributed by atoms with Gasteiger partial charge in [-0.1, -0.05) is 6.07 Å². The average Bonchev–Trinajstić information content (AvgIpc) is 3.14. The van der Waals surface area contributed by atoms with Gasteiger partial charge in [-0.3, -0.25) is 15.0 Å². The summed E-state index contributed by atoms with van der Waals surface area (Å²) >= 11 is 1.73. The van der Waals surface area contributed by atoms with Crippen molar-refractivity contribution in [3.8, 4) is 0 Å². The molecule has 1 aliphatic heterocycles. The number of esters is 1. The molecule has 0 atom stereocenters. The van der Waals surface area contributed by atoms with Crippen LogP contribution in [0.2, 0.25) is 0 Å². The standard InChI is InChI=1S/C16H18N4O4S/c1-24-16(21)12-9-14(20(22)23)15(17-10-12)19-6-4-18(5-7-19)11-13-3-2-8-25-13/h2-3,8-10H,4-7,11H2,1H3. The number of nitro groups is 1. The van der Waals surface area contributed by atoms with Gasteiger partial charge in [-0.15, -0.1) is 11.3 Å². The highest BCUT2D eigenvalue weighted by Gasteiger charge is 2.26. The lowest BCUT2D eigenvalue weighted by Crippen LogP contribution is -2.46. The van der Waals surface area contributed by atoms with Crippen molar-refractivity contribution in [1.29, 1.82) is 0 Å². The first kappa shape index (κ1) is 17.3. The maximum atomic E-state index is 11.6. The summed E-state index contributed by atoms with van der Waals surface area (Å²) in [6.07, 6.45) is 1.33. The number of thiophene rings is 1. The fourth-order valence-corrected chi connectivity index (χ4v) is 3.54. The van der Waals surface area contributed by atoms with Crippen LogP contribution in [0.3, 0.4) is 0 Å². The zero-order valence-electron chi connectivity index (χ0n) is 13.8. The van der Waals surface area contributed by atoms with Crippen molar-refractivity contribution in [2.75, 3.05) is 38.2 Å². The number of anilines is 1. The van der Waals surface area contributed by atoms with E-state index in [-0.39, 0.29) is 11.3 Å². The Balaban J connectivity index is 1.72. The highest BCUT2D eigenvalue weighted by Crippen LogP contribution is 2.28. The van der Waals surface area contributed by atoms with Crippen molar-refractivity contribution >= 4 is 28.8 Å². The minimum atomic E-state index is -0.636. The lowest BCUT2D eigenvalue weighted by molar-refractivity contribution is -0.384. The van der Waals surface area contributed by atoms with E-state index in [4.69, 9.17) is 0 Å². The molecular formula is C16H18N4O4S. The number of hydrogen-bond donors (Lipinski definition) is 0. The van der Waals surface area contributed by atoms with Crippen LogP contribution in [0.1, 0.15) is 15.2 Å². The number of carbonyl (C=O) groups is 1. The Labute approximate surface area is 148 Å². The van der Waals surface area contributed by atoms with Crippen molar-refractivity contribution in [3.05, 3.63) is 50.3 Å². The number of carbonyl (C=O) groups excluding carboxylic acids is 1. The predicted molar refractivity (Wildman–Crippen MR) is 94.0 cm³/mol. The molecule has 0 spiro atoms. The molecule has 1 saturated heterocycles. The van der Waals surface area contributed by atoms with Crippen molar-refractivity contribution in [1.82, 2.24) is 9.88 Å². The Morgan fingerprint density at radius 3 is 2.76 bits per heavy atom. The third kappa shape index (κ3) is 3.94. The molecular weight excluding hydrogens is 344 g/mol. The maximum Gasteiger partial charge on any atom is 0.339 e. The molecule has 2 aromatic rings. The van der Waals surface area contributed by atoms with Gasteiger partial charge in [-0.2, -0.15) is 0 Å². The number of nitrogens with zero attached hydrogens (tertiary/aromatic N) is 4. The molecule has 0 bridgehead atoms. The fourth-order valence-electron chi connectivity index (χ4n) is 2.79. The van der Waals surface area contributed by atoms with E-state index >= 15 is 0 Å². The molecule has 3 heterocycles. The minimum absolute atomic E-state index is 0.0780. The highest BCUT2D eigenvalue weighted by molar-refractivity contribution is 7.09. The first-order valence-corrected chi connectivity index (χ1v) is 8.69. The van der Waals surface area contributed by atoms with Gasteiger partial charge in [-0.05, 0) is 11.4 Å². The van der Waals surface area contributed by atoms with E-state index in [2.05, 4.69) is 26.1 Å². The van der Waals surface area contributed by atoms with E-state index in [1.165, 1.54) is 24.3 Å². The van der Waals surface area contributed by atoms with Crippen molar-refractivity contribution < 1.29 is 14.5 Å². The molecule has 1 aliphatic rings. The van der Waals surface area contributed by atoms with Crippen LogP contribution in [0.15, 0.2) is 29.8 Å². The number of piperazine rings is 1. The predicted octanol–water partition coefficient (Wildman–Crippen LogP) is 2.16. The smallest absolute Gasteiger partial charge is 0.339 e. The van der Waals surface area contributed by atoms with Crippen LogP contribution in [0.5, 0.6) is 0 Å². The molecule has 2 aromatic heterocycles. The van der Waals surface area contributed by atoms with E-state index in [0.717, 1.165) is 19.6 Å². The first-order valence-electron chi connectivity index (χ1n) is 7.81. The number of rotatable bonds is 5. The van der Waals surface area contributed by atoms with Crippen LogP contribution in [0.25, 0.3) is 0 Å². The summed E-state index contributed by atoms with van der Waals surface area (Å²) in [5.74, 6) is -0.337. The molecule has 0 unspecified atom stereocenters. The molecule has 0 saturated carbocycles. The minimum Gasteiger partial charge on any atom is -0.465 e. The second kappa shape index (κ2) is 7.58. The van der Waals surface area contributed by atoms with Crippen molar-refractivity contribution in [3.63, 3.8) is 0 Å². The Morgan fingerprint density at radius 1 is 1.40 bits per heavy atom. The largest absolute Gasteiger partial charge is 0.465 e. The lowest BCUT2D eigenvalue weighted by Gasteiger charge is -2.34. The first-order chi connectivity index (χ1) is 12.1. The number of aromatic nitrogens is 1. The van der Waals surface area contributed by atoms with Gasteiger partial charge in [-0.25, -0.2) is 9.78 Å². The van der Waals surface area contributed by atoms with Gasteiger partial charge < -0.3 is 9.64 Å². The van der Waals surface area contributed by atoms with E-state index in [1.54, 1.807) is 11.3 Å². The Bertz CT molecular complexity index is 758. The zero-order valence-corrected chi connectivity index (χ0v) is 14.6. The summed E-state index contributed by atoms with van der Waals surface area (Å²) in [7, 11) is 1.23. The molecule has 0 aromatic carbocycles. The van der Waals surface area contributed by atoms with Crippen LogP contribution in [-0.2, 0) is 11.3 Å². The quantitative estimate of drug-likeness (QED) is 0.457. The monoisotopic (exact) mass is 362 g/mol. The number of ether oxygens (including phenoxy) is 1. The van der Waals surface area contributed by atoms with E-state index in [9.17, 15) is 14.9 Å². The van der Waals surface area contributed by atoms with Crippen molar-refractivity contribution in [2.24, 2.45) is 0 Å². The van der Waals surface area contributed by atoms with Crippen LogP contribution in [0.4, 0.5) is 11.5 Å². The van der Waals surface area contributed by atoms with Crippen LogP contribution in [0, 0.1) is 10.1 Å². The topological polar surface area (TPSA) is 88.8 Å². The van der Waals surface area contributed by atoms with Gasteiger partial charge in [0.2, 0.25) is 5.82 Å². The summed E-state index contributed by atoms with van der Waals surface area (Å²) in [6.45, 7) is 3.79. The van der Waals surface area contributed by atoms with Gasteiger partial charge in [0, 0.05) is 49.9 Å². The summed E-state index contributed by atoms with van der Waals surface area (Å²) < 4.78 is 4.60. The second-order valence-corrected chi connectivity index (χ2v) is 6.69. The number of methoxy groups -OCH3 is 1. The molecule has 0 N–H and O–H groups in total. The van der Waals surface area contributed by atoms with E-state index in [1.807, 2.05) is 11.0 Å². The van der Waals surface area contributed by atoms with Gasteiger partial charge in [0.05, 0.1) is 17.6 Å². The molecule has 1 fully saturated rings. The molecule has 3 rings (SSSR count). The Kier molecular flexibility index (Phi) is 5.25. The lowest BCUT2D eigenvalue weighted by atomic mass is 10.2.